The molecule has 1 aromatic heterocycles. The molecule has 3 nitrogen and oxygen atoms in total. The minimum atomic E-state index is 0.270. The minimum absolute atomic E-state index is 0.270. The van der Waals surface area contributed by atoms with Gasteiger partial charge in [-0.15, -0.1) is 0 Å². The Kier molecular flexibility index (Phi) is 3.38. The van der Waals surface area contributed by atoms with Crippen molar-refractivity contribution in [1.29, 1.82) is 0 Å². The summed E-state index contributed by atoms with van der Waals surface area (Å²) in [6, 6.07) is 2.33. The fourth-order valence-electron chi connectivity index (χ4n) is 2.17. The third-order valence-corrected chi connectivity index (χ3v) is 4.85. The van der Waals surface area contributed by atoms with E-state index in [2.05, 4.69) is 12.3 Å². The van der Waals surface area contributed by atoms with Crippen LogP contribution in [0.2, 0.25) is 0 Å². The summed E-state index contributed by atoms with van der Waals surface area (Å²) in [6.07, 6.45) is 6.99. The van der Waals surface area contributed by atoms with Crippen molar-refractivity contribution in [3.8, 4) is 0 Å². The summed E-state index contributed by atoms with van der Waals surface area (Å²) in [5, 5.41) is 0. The van der Waals surface area contributed by atoms with Gasteiger partial charge >= 0.3 is 0 Å². The number of hydrogen-bond donors (Lipinski definition) is 2. The maximum atomic E-state index is 5.66. The third-order valence-electron chi connectivity index (χ3n) is 3.21. The lowest BCUT2D eigenvalue weighted by Crippen LogP contribution is -2.49. The van der Waals surface area contributed by atoms with E-state index < -0.39 is 0 Å². The molecular formula is C11H18N2OS. The van der Waals surface area contributed by atoms with Crippen LogP contribution in [0.5, 0.6) is 0 Å². The van der Waals surface area contributed by atoms with E-state index in [4.69, 9.17) is 10.3 Å². The van der Waals surface area contributed by atoms with Crippen LogP contribution in [0.1, 0.15) is 25.3 Å². The number of nitrogens with two attached hydrogens (primary N) is 1. The van der Waals surface area contributed by atoms with Gasteiger partial charge in [0.05, 0.1) is 12.5 Å². The van der Waals surface area contributed by atoms with Crippen molar-refractivity contribution in [2.75, 3.05) is 5.75 Å². The predicted octanol–water partition coefficient (Wildman–Crippen LogP) is 1.94. The van der Waals surface area contributed by atoms with Gasteiger partial charge in [-0.2, -0.15) is 11.8 Å². The summed E-state index contributed by atoms with van der Waals surface area (Å²) >= 11 is 2.03. The number of hydrazine groups is 1. The molecule has 1 aliphatic rings. The van der Waals surface area contributed by atoms with E-state index >= 15 is 0 Å². The first kappa shape index (κ1) is 11.0. The van der Waals surface area contributed by atoms with Crippen LogP contribution in [0.25, 0.3) is 0 Å². The zero-order chi connectivity index (χ0) is 10.7. The molecule has 0 radical (unpaired) electrons. The van der Waals surface area contributed by atoms with Gasteiger partial charge in [0.15, 0.2) is 0 Å². The molecule has 4 heteroatoms. The topological polar surface area (TPSA) is 51.2 Å². The molecule has 1 aliphatic heterocycles. The van der Waals surface area contributed by atoms with Crippen LogP contribution in [-0.2, 0) is 6.42 Å². The standard InChI is InChI=1S/C11H18N2OS/c1-11(4-2-6-15-11)10(13-12)7-9-3-5-14-8-9/h3,5,8,10,13H,2,4,6-7,12H2,1H3. The molecule has 0 aromatic carbocycles. The van der Waals surface area contributed by atoms with Crippen LogP contribution in [-0.4, -0.2) is 16.5 Å². The van der Waals surface area contributed by atoms with Crippen molar-refractivity contribution < 1.29 is 4.42 Å². The third kappa shape index (κ3) is 2.38. The van der Waals surface area contributed by atoms with Gasteiger partial charge < -0.3 is 4.42 Å². The van der Waals surface area contributed by atoms with Crippen molar-refractivity contribution in [3.05, 3.63) is 24.2 Å². The average molecular weight is 226 g/mol. The molecule has 1 aromatic rings. The first-order valence-electron chi connectivity index (χ1n) is 5.36. The summed E-state index contributed by atoms with van der Waals surface area (Å²) in [7, 11) is 0. The Morgan fingerprint density at radius 3 is 3.13 bits per heavy atom. The Bertz CT molecular complexity index is 294. The maximum Gasteiger partial charge on any atom is 0.0935 e. The number of furan rings is 1. The minimum Gasteiger partial charge on any atom is -0.472 e. The normalized spacial score (nSPS) is 28.1. The Labute approximate surface area is 94.8 Å². The highest BCUT2D eigenvalue weighted by Crippen LogP contribution is 2.41. The number of rotatable bonds is 4. The second kappa shape index (κ2) is 4.60. The van der Waals surface area contributed by atoms with Crippen LogP contribution < -0.4 is 11.3 Å². The molecule has 0 saturated carbocycles. The lowest BCUT2D eigenvalue weighted by molar-refractivity contribution is 0.404. The van der Waals surface area contributed by atoms with Gasteiger partial charge in [-0.3, -0.25) is 11.3 Å². The first-order valence-corrected chi connectivity index (χ1v) is 6.34. The number of thioether (sulfide) groups is 1. The lowest BCUT2D eigenvalue weighted by atomic mass is 9.92. The average Bonchev–Trinajstić information content (AvgIpc) is 2.85. The van der Waals surface area contributed by atoms with Crippen molar-refractivity contribution in [2.45, 2.75) is 37.0 Å². The molecule has 0 spiro atoms. The highest BCUT2D eigenvalue weighted by molar-refractivity contribution is 8.00. The fourth-order valence-corrected chi connectivity index (χ4v) is 3.57. The molecule has 2 heterocycles. The quantitative estimate of drug-likeness (QED) is 0.608. The van der Waals surface area contributed by atoms with Gasteiger partial charge in [0.2, 0.25) is 0 Å². The van der Waals surface area contributed by atoms with E-state index in [1.807, 2.05) is 17.8 Å². The van der Waals surface area contributed by atoms with E-state index in [9.17, 15) is 0 Å². The van der Waals surface area contributed by atoms with E-state index in [0.717, 1.165) is 6.42 Å². The molecule has 1 saturated heterocycles. The molecule has 3 N–H and O–H groups in total. The highest BCUT2D eigenvalue weighted by atomic mass is 32.2. The Morgan fingerprint density at radius 1 is 1.73 bits per heavy atom. The van der Waals surface area contributed by atoms with Crippen LogP contribution >= 0.6 is 11.8 Å². The Morgan fingerprint density at radius 2 is 2.60 bits per heavy atom. The van der Waals surface area contributed by atoms with E-state index in [0.29, 0.717) is 6.04 Å². The molecular weight excluding hydrogens is 208 g/mol. The molecule has 15 heavy (non-hydrogen) atoms. The molecule has 0 aliphatic carbocycles. The van der Waals surface area contributed by atoms with Crippen LogP contribution in [0, 0.1) is 0 Å². The van der Waals surface area contributed by atoms with Gasteiger partial charge in [-0.1, -0.05) is 0 Å². The maximum absolute atomic E-state index is 5.66. The number of hydrogen-bond acceptors (Lipinski definition) is 4. The van der Waals surface area contributed by atoms with Gasteiger partial charge in [0, 0.05) is 10.8 Å². The smallest absolute Gasteiger partial charge is 0.0935 e. The van der Waals surface area contributed by atoms with Gasteiger partial charge in [0.25, 0.3) is 0 Å². The van der Waals surface area contributed by atoms with Gasteiger partial charge in [-0.05, 0) is 43.6 Å². The van der Waals surface area contributed by atoms with Gasteiger partial charge in [0.1, 0.15) is 0 Å². The Balaban J connectivity index is 2.03. The monoisotopic (exact) mass is 226 g/mol. The molecule has 0 amide bonds. The molecule has 2 rings (SSSR count). The van der Waals surface area contributed by atoms with Gasteiger partial charge in [-0.25, -0.2) is 0 Å². The van der Waals surface area contributed by atoms with Crippen molar-refractivity contribution in [2.24, 2.45) is 5.84 Å². The molecule has 0 bridgehead atoms. The van der Waals surface area contributed by atoms with Crippen LogP contribution in [0.4, 0.5) is 0 Å². The summed E-state index contributed by atoms with van der Waals surface area (Å²) in [5.74, 6) is 6.91. The van der Waals surface area contributed by atoms with E-state index in [1.54, 1.807) is 12.5 Å². The zero-order valence-corrected chi connectivity index (χ0v) is 9.85. The summed E-state index contributed by atoms with van der Waals surface area (Å²) in [5.41, 5.74) is 4.17. The Hall–Kier alpha value is -0.450. The number of nitrogens with one attached hydrogen (secondary N) is 1. The molecule has 1 fully saturated rings. The van der Waals surface area contributed by atoms with Crippen LogP contribution in [0.3, 0.4) is 0 Å². The first-order chi connectivity index (χ1) is 7.24. The van der Waals surface area contributed by atoms with Crippen molar-refractivity contribution in [3.63, 3.8) is 0 Å². The largest absolute Gasteiger partial charge is 0.472 e. The highest BCUT2D eigenvalue weighted by Gasteiger charge is 2.37. The van der Waals surface area contributed by atoms with Crippen LogP contribution in [0.15, 0.2) is 23.0 Å². The zero-order valence-electron chi connectivity index (χ0n) is 9.03. The second-order valence-corrected chi connectivity index (χ2v) is 5.95. The fraction of sp³-hybridized carbons (Fsp3) is 0.636. The summed E-state index contributed by atoms with van der Waals surface area (Å²) in [4.78, 5) is 0. The second-order valence-electron chi connectivity index (χ2n) is 4.32. The molecule has 2 unspecified atom stereocenters. The molecule has 2 atom stereocenters. The molecule has 84 valence electrons. The summed E-state index contributed by atoms with van der Waals surface area (Å²) < 4.78 is 5.35. The summed E-state index contributed by atoms with van der Waals surface area (Å²) in [6.45, 7) is 2.30. The SMILES string of the molecule is CC1(C(Cc2ccoc2)NN)CCCS1. The van der Waals surface area contributed by atoms with Crippen molar-refractivity contribution >= 4 is 11.8 Å². The lowest BCUT2D eigenvalue weighted by Gasteiger charge is -2.32. The van der Waals surface area contributed by atoms with E-state index in [-0.39, 0.29) is 4.75 Å². The predicted molar refractivity (Wildman–Crippen MR) is 63.6 cm³/mol. The van der Waals surface area contributed by atoms with Crippen molar-refractivity contribution in [1.82, 2.24) is 5.43 Å². The van der Waals surface area contributed by atoms with E-state index in [1.165, 1.54) is 24.2 Å².